The predicted octanol–water partition coefficient (Wildman–Crippen LogP) is 2.13. The topological polar surface area (TPSA) is 67.2 Å². The Labute approximate surface area is 121 Å². The van der Waals surface area contributed by atoms with Gasteiger partial charge in [0.25, 0.3) is 5.91 Å². The highest BCUT2D eigenvalue weighted by Gasteiger charge is 2.16. The number of thiazole rings is 1. The van der Waals surface area contributed by atoms with Crippen LogP contribution in [-0.2, 0) is 0 Å². The maximum atomic E-state index is 12.0. The van der Waals surface area contributed by atoms with E-state index in [1.807, 2.05) is 6.07 Å². The maximum absolute atomic E-state index is 12.0. The van der Waals surface area contributed by atoms with E-state index in [0.29, 0.717) is 18.2 Å². The molecular weight excluding hydrogens is 274 g/mol. The van der Waals surface area contributed by atoms with Gasteiger partial charge in [-0.2, -0.15) is 0 Å². The molecule has 3 rings (SSSR count). The van der Waals surface area contributed by atoms with Crippen LogP contribution in [0.25, 0.3) is 10.6 Å². The molecule has 2 aromatic heterocycles. The second-order valence-electron chi connectivity index (χ2n) is 4.95. The van der Waals surface area contributed by atoms with Gasteiger partial charge in [-0.05, 0) is 37.9 Å². The van der Waals surface area contributed by atoms with Gasteiger partial charge in [-0.15, -0.1) is 11.3 Å². The van der Waals surface area contributed by atoms with Crippen molar-refractivity contribution in [3.05, 3.63) is 29.7 Å². The van der Waals surface area contributed by atoms with Gasteiger partial charge in [0.15, 0.2) is 0 Å². The maximum Gasteiger partial charge on any atom is 0.270 e. The SMILES string of the molecule is O=C(NCCC1CCNC1)c1csc(-c2ccoc2)n1. The first-order valence-corrected chi connectivity index (χ1v) is 7.68. The molecule has 3 heterocycles. The molecule has 1 aliphatic heterocycles. The van der Waals surface area contributed by atoms with Crippen molar-refractivity contribution in [1.29, 1.82) is 0 Å². The molecule has 2 N–H and O–H groups in total. The Balaban J connectivity index is 1.52. The van der Waals surface area contributed by atoms with Crippen LogP contribution >= 0.6 is 11.3 Å². The summed E-state index contributed by atoms with van der Waals surface area (Å²) in [7, 11) is 0. The number of amides is 1. The Hall–Kier alpha value is -1.66. The number of nitrogens with one attached hydrogen (secondary N) is 2. The highest BCUT2D eigenvalue weighted by molar-refractivity contribution is 7.13. The molecule has 106 valence electrons. The van der Waals surface area contributed by atoms with Crippen molar-refractivity contribution in [2.45, 2.75) is 12.8 Å². The van der Waals surface area contributed by atoms with Crippen LogP contribution in [0.2, 0.25) is 0 Å². The minimum absolute atomic E-state index is 0.0954. The first-order valence-electron chi connectivity index (χ1n) is 6.80. The molecule has 0 saturated carbocycles. The van der Waals surface area contributed by atoms with Gasteiger partial charge < -0.3 is 15.1 Å². The lowest BCUT2D eigenvalue weighted by atomic mass is 10.1. The third kappa shape index (κ3) is 3.08. The zero-order valence-corrected chi connectivity index (χ0v) is 11.9. The van der Waals surface area contributed by atoms with Crippen LogP contribution in [0.4, 0.5) is 0 Å². The molecule has 20 heavy (non-hydrogen) atoms. The second-order valence-corrected chi connectivity index (χ2v) is 5.81. The lowest BCUT2D eigenvalue weighted by Gasteiger charge is -2.08. The van der Waals surface area contributed by atoms with Gasteiger partial charge in [0, 0.05) is 17.5 Å². The summed E-state index contributed by atoms with van der Waals surface area (Å²) in [6.45, 7) is 2.87. The normalized spacial score (nSPS) is 18.3. The number of carbonyl (C=O) groups is 1. The average Bonchev–Trinajstić information content (AvgIpc) is 3.20. The summed E-state index contributed by atoms with van der Waals surface area (Å²) in [6.07, 6.45) is 5.47. The zero-order valence-electron chi connectivity index (χ0n) is 11.1. The number of aromatic nitrogens is 1. The molecule has 1 saturated heterocycles. The molecule has 0 aromatic carbocycles. The van der Waals surface area contributed by atoms with E-state index in [2.05, 4.69) is 15.6 Å². The van der Waals surface area contributed by atoms with Crippen LogP contribution < -0.4 is 10.6 Å². The largest absolute Gasteiger partial charge is 0.472 e. The minimum Gasteiger partial charge on any atom is -0.472 e. The van der Waals surface area contributed by atoms with Crippen LogP contribution in [0, 0.1) is 5.92 Å². The summed E-state index contributed by atoms with van der Waals surface area (Å²) in [5, 5.41) is 8.86. The Morgan fingerprint density at radius 1 is 1.60 bits per heavy atom. The van der Waals surface area contributed by atoms with E-state index in [9.17, 15) is 4.79 Å². The highest BCUT2D eigenvalue weighted by Crippen LogP contribution is 2.23. The van der Waals surface area contributed by atoms with E-state index in [0.717, 1.165) is 30.1 Å². The Morgan fingerprint density at radius 3 is 3.30 bits per heavy atom. The number of hydrogen-bond acceptors (Lipinski definition) is 5. The third-order valence-corrected chi connectivity index (χ3v) is 4.40. The van der Waals surface area contributed by atoms with Crippen LogP contribution in [-0.4, -0.2) is 30.5 Å². The number of nitrogens with zero attached hydrogens (tertiary/aromatic N) is 1. The third-order valence-electron chi connectivity index (χ3n) is 3.51. The fourth-order valence-electron chi connectivity index (χ4n) is 2.34. The van der Waals surface area contributed by atoms with Crippen molar-refractivity contribution in [3.63, 3.8) is 0 Å². The smallest absolute Gasteiger partial charge is 0.270 e. The number of rotatable bonds is 5. The molecular formula is C14H17N3O2S. The molecule has 1 unspecified atom stereocenters. The molecule has 1 aliphatic rings. The van der Waals surface area contributed by atoms with Crippen molar-refractivity contribution in [1.82, 2.24) is 15.6 Å². The number of furan rings is 1. The van der Waals surface area contributed by atoms with E-state index in [-0.39, 0.29) is 5.91 Å². The number of carbonyl (C=O) groups excluding carboxylic acids is 1. The van der Waals surface area contributed by atoms with Crippen LogP contribution in [0.1, 0.15) is 23.3 Å². The lowest BCUT2D eigenvalue weighted by molar-refractivity contribution is 0.0947. The molecule has 5 nitrogen and oxygen atoms in total. The van der Waals surface area contributed by atoms with Crippen molar-refractivity contribution < 1.29 is 9.21 Å². The van der Waals surface area contributed by atoms with Gasteiger partial charge in [-0.25, -0.2) is 4.98 Å². The molecule has 1 fully saturated rings. The molecule has 1 amide bonds. The summed E-state index contributed by atoms with van der Waals surface area (Å²) < 4.78 is 5.02. The average molecular weight is 291 g/mol. The van der Waals surface area contributed by atoms with Crippen molar-refractivity contribution >= 4 is 17.2 Å². The standard InChI is InChI=1S/C14H17N3O2S/c18-13(16-5-2-10-1-4-15-7-10)12-9-20-14(17-12)11-3-6-19-8-11/h3,6,8-10,15H,1-2,4-5,7H2,(H,16,18). The van der Waals surface area contributed by atoms with Gasteiger partial charge in [-0.1, -0.05) is 0 Å². The zero-order chi connectivity index (χ0) is 13.8. The van der Waals surface area contributed by atoms with Crippen LogP contribution in [0.3, 0.4) is 0 Å². The molecule has 0 aliphatic carbocycles. The first kappa shape index (κ1) is 13.3. The molecule has 0 bridgehead atoms. The monoisotopic (exact) mass is 291 g/mol. The van der Waals surface area contributed by atoms with Crippen molar-refractivity contribution in [3.8, 4) is 10.6 Å². The van der Waals surface area contributed by atoms with E-state index in [1.54, 1.807) is 17.9 Å². The predicted molar refractivity (Wildman–Crippen MR) is 77.7 cm³/mol. The summed E-state index contributed by atoms with van der Waals surface area (Å²) in [5.74, 6) is 0.592. The first-order chi connectivity index (χ1) is 9.83. The summed E-state index contributed by atoms with van der Waals surface area (Å²) in [4.78, 5) is 16.3. The van der Waals surface area contributed by atoms with Gasteiger partial charge >= 0.3 is 0 Å². The van der Waals surface area contributed by atoms with Gasteiger partial charge in [-0.3, -0.25) is 4.79 Å². The van der Waals surface area contributed by atoms with E-state index >= 15 is 0 Å². The van der Waals surface area contributed by atoms with E-state index < -0.39 is 0 Å². The molecule has 0 radical (unpaired) electrons. The number of hydrogen-bond donors (Lipinski definition) is 2. The summed E-state index contributed by atoms with van der Waals surface area (Å²) in [5.41, 5.74) is 1.39. The van der Waals surface area contributed by atoms with Gasteiger partial charge in [0.05, 0.1) is 6.26 Å². The van der Waals surface area contributed by atoms with Gasteiger partial charge in [0.2, 0.25) is 0 Å². The Bertz CT molecular complexity index is 559. The van der Waals surface area contributed by atoms with Crippen LogP contribution in [0.15, 0.2) is 28.4 Å². The molecule has 1 atom stereocenters. The summed E-state index contributed by atoms with van der Waals surface area (Å²) >= 11 is 1.45. The highest BCUT2D eigenvalue weighted by atomic mass is 32.1. The molecule has 2 aromatic rings. The minimum atomic E-state index is -0.0954. The summed E-state index contributed by atoms with van der Waals surface area (Å²) in [6, 6.07) is 1.84. The van der Waals surface area contributed by atoms with E-state index in [1.165, 1.54) is 17.8 Å². The lowest BCUT2D eigenvalue weighted by Crippen LogP contribution is -2.26. The molecule has 6 heteroatoms. The van der Waals surface area contributed by atoms with Gasteiger partial charge in [0.1, 0.15) is 17.0 Å². The fourth-order valence-corrected chi connectivity index (χ4v) is 3.12. The quantitative estimate of drug-likeness (QED) is 0.885. The molecule has 0 spiro atoms. The second kappa shape index (κ2) is 6.19. The van der Waals surface area contributed by atoms with Crippen LogP contribution in [0.5, 0.6) is 0 Å². The Morgan fingerprint density at radius 2 is 2.55 bits per heavy atom. The van der Waals surface area contributed by atoms with Crippen molar-refractivity contribution in [2.75, 3.05) is 19.6 Å². The van der Waals surface area contributed by atoms with E-state index in [4.69, 9.17) is 4.42 Å². The fraction of sp³-hybridized carbons (Fsp3) is 0.429. The van der Waals surface area contributed by atoms with Crippen molar-refractivity contribution in [2.24, 2.45) is 5.92 Å². The Kier molecular flexibility index (Phi) is 4.13.